The molecule has 0 spiro atoms. The van der Waals surface area contributed by atoms with Gasteiger partial charge in [-0.1, -0.05) is 19.1 Å². The molecule has 28 heavy (non-hydrogen) atoms. The Bertz CT molecular complexity index is 770. The molecule has 3 rings (SSSR count). The van der Waals surface area contributed by atoms with Crippen LogP contribution in [0.2, 0.25) is 0 Å². The molecule has 1 saturated heterocycles. The molecule has 1 N–H and O–H groups in total. The summed E-state index contributed by atoms with van der Waals surface area (Å²) in [6.07, 6.45) is 1.55. The molecule has 0 saturated carbocycles. The number of benzene rings is 1. The second-order valence-corrected chi connectivity index (χ2v) is 7.21. The number of nitrogens with zero attached hydrogens (tertiary/aromatic N) is 3. The normalized spacial score (nSPS) is 20.6. The van der Waals surface area contributed by atoms with Crippen molar-refractivity contribution in [2.75, 3.05) is 39.9 Å². The van der Waals surface area contributed by atoms with Crippen molar-refractivity contribution in [2.24, 2.45) is 0 Å². The van der Waals surface area contributed by atoms with Crippen molar-refractivity contribution in [1.29, 1.82) is 0 Å². The molecule has 1 aromatic carbocycles. The van der Waals surface area contributed by atoms with Crippen LogP contribution in [0, 0.1) is 5.82 Å². The van der Waals surface area contributed by atoms with Gasteiger partial charge in [0, 0.05) is 19.6 Å². The van der Waals surface area contributed by atoms with Gasteiger partial charge in [-0.15, -0.1) is 0 Å². The van der Waals surface area contributed by atoms with Crippen LogP contribution in [0.5, 0.6) is 0 Å². The Morgan fingerprint density at radius 1 is 1.29 bits per heavy atom. The molecule has 152 valence electrons. The quantitative estimate of drug-likeness (QED) is 0.807. The van der Waals surface area contributed by atoms with Crippen LogP contribution in [0.3, 0.4) is 0 Å². The van der Waals surface area contributed by atoms with Crippen LogP contribution < -0.4 is 0 Å². The molecule has 0 aliphatic carbocycles. The Hall–Kier alpha value is -2.38. The molecule has 1 unspecified atom stereocenters. The Morgan fingerprint density at radius 3 is 2.50 bits per heavy atom. The minimum absolute atomic E-state index is 0.282. The van der Waals surface area contributed by atoms with Crippen LogP contribution in [0.15, 0.2) is 47.3 Å². The van der Waals surface area contributed by atoms with Crippen LogP contribution in [-0.2, 0) is 16.1 Å². The number of allylic oxidation sites excluding steroid dienone is 2. The maximum absolute atomic E-state index is 13.4. The number of morpholine rings is 1. The molecule has 0 radical (unpaired) electrons. The van der Waals surface area contributed by atoms with Crippen molar-refractivity contribution in [2.45, 2.75) is 26.6 Å². The van der Waals surface area contributed by atoms with Gasteiger partial charge in [0.15, 0.2) is 0 Å². The van der Waals surface area contributed by atoms with Gasteiger partial charge < -0.3 is 19.6 Å². The Kier molecular flexibility index (Phi) is 6.36. The van der Waals surface area contributed by atoms with Crippen LogP contribution >= 0.6 is 0 Å². The highest BCUT2D eigenvalue weighted by Gasteiger charge is 2.37. The molecule has 6 nitrogen and oxygen atoms in total. The standard InChI is InChI=1S/C21H28FN3O3/c1-4-23(3)20-19(21(26)27)15(2)13-18(24-9-11-28-12-10-24)25(20)14-16-5-7-17(22)8-6-16/h5-8,13,20H,4,9-12,14H2,1-3H3,(H,26,27). The van der Waals surface area contributed by atoms with E-state index in [0.717, 1.165) is 30.0 Å². The maximum atomic E-state index is 13.4. The third-order valence-electron chi connectivity index (χ3n) is 5.37. The first kappa shape index (κ1) is 20.4. The lowest BCUT2D eigenvalue weighted by atomic mass is 9.99. The van der Waals surface area contributed by atoms with E-state index in [2.05, 4.69) is 9.80 Å². The number of halogens is 1. The Morgan fingerprint density at radius 2 is 1.93 bits per heavy atom. The zero-order chi connectivity index (χ0) is 20.3. The summed E-state index contributed by atoms with van der Waals surface area (Å²) in [5.41, 5.74) is 2.07. The average Bonchev–Trinajstić information content (AvgIpc) is 2.70. The zero-order valence-corrected chi connectivity index (χ0v) is 16.7. The van der Waals surface area contributed by atoms with Gasteiger partial charge in [0.2, 0.25) is 0 Å². The predicted molar refractivity (Wildman–Crippen MR) is 105 cm³/mol. The lowest BCUT2D eigenvalue weighted by Crippen LogP contribution is -2.54. The predicted octanol–water partition coefficient (Wildman–Crippen LogP) is 2.49. The van der Waals surface area contributed by atoms with Gasteiger partial charge in [-0.05, 0) is 49.9 Å². The highest BCUT2D eigenvalue weighted by atomic mass is 19.1. The first-order chi connectivity index (χ1) is 13.4. The van der Waals surface area contributed by atoms with Gasteiger partial charge in [0.25, 0.3) is 0 Å². The van der Waals surface area contributed by atoms with E-state index in [1.165, 1.54) is 12.1 Å². The van der Waals surface area contributed by atoms with Crippen molar-refractivity contribution in [3.05, 3.63) is 58.7 Å². The summed E-state index contributed by atoms with van der Waals surface area (Å²) in [5.74, 6) is -0.208. The summed E-state index contributed by atoms with van der Waals surface area (Å²) < 4.78 is 18.9. The largest absolute Gasteiger partial charge is 0.478 e. The molecule has 7 heteroatoms. The number of carboxylic acid groups (broad SMARTS) is 1. The lowest BCUT2D eigenvalue weighted by molar-refractivity contribution is -0.134. The van der Waals surface area contributed by atoms with Crippen molar-refractivity contribution >= 4 is 5.97 Å². The SMILES string of the molecule is CCN(C)C1C(C(=O)O)=C(C)C=C(N2CCOCC2)N1Cc1ccc(F)cc1. The topological polar surface area (TPSA) is 56.3 Å². The number of rotatable bonds is 6. The minimum atomic E-state index is -0.913. The third-order valence-corrected chi connectivity index (χ3v) is 5.37. The third kappa shape index (κ3) is 4.20. The molecule has 2 aliphatic rings. The van der Waals surface area contributed by atoms with E-state index in [0.29, 0.717) is 31.9 Å². The smallest absolute Gasteiger partial charge is 0.335 e. The number of likely N-dealkylation sites (N-methyl/N-ethyl adjacent to an activating group) is 1. The molecular weight excluding hydrogens is 361 g/mol. The van der Waals surface area contributed by atoms with Gasteiger partial charge in [0.05, 0.1) is 18.8 Å². The van der Waals surface area contributed by atoms with E-state index in [9.17, 15) is 14.3 Å². The first-order valence-electron chi connectivity index (χ1n) is 9.62. The van der Waals surface area contributed by atoms with Crippen molar-refractivity contribution in [3.63, 3.8) is 0 Å². The molecule has 0 aromatic heterocycles. The molecule has 2 aliphatic heterocycles. The molecule has 1 atom stereocenters. The fourth-order valence-electron chi connectivity index (χ4n) is 3.77. The van der Waals surface area contributed by atoms with Gasteiger partial charge >= 0.3 is 5.97 Å². The molecule has 0 amide bonds. The summed E-state index contributed by atoms with van der Waals surface area (Å²) in [6, 6.07) is 6.38. The number of ether oxygens (including phenoxy) is 1. The van der Waals surface area contributed by atoms with E-state index in [1.807, 2.05) is 31.9 Å². The number of hydrogen-bond donors (Lipinski definition) is 1. The van der Waals surface area contributed by atoms with E-state index >= 15 is 0 Å². The van der Waals surface area contributed by atoms with E-state index in [-0.39, 0.29) is 5.82 Å². The zero-order valence-electron chi connectivity index (χ0n) is 16.7. The van der Waals surface area contributed by atoms with Gasteiger partial charge in [0.1, 0.15) is 17.8 Å². The number of carboxylic acids is 1. The molecule has 1 fully saturated rings. The van der Waals surface area contributed by atoms with Crippen LogP contribution in [0.25, 0.3) is 0 Å². The average molecular weight is 389 g/mol. The van der Waals surface area contributed by atoms with Crippen molar-refractivity contribution in [3.8, 4) is 0 Å². The number of hydrogen-bond acceptors (Lipinski definition) is 5. The fraction of sp³-hybridized carbons (Fsp3) is 0.476. The molecule has 0 bridgehead atoms. The van der Waals surface area contributed by atoms with Gasteiger partial charge in [-0.25, -0.2) is 9.18 Å². The van der Waals surface area contributed by atoms with Gasteiger partial charge in [-0.3, -0.25) is 4.90 Å². The maximum Gasteiger partial charge on any atom is 0.335 e. The Balaban J connectivity index is 2.05. The first-order valence-corrected chi connectivity index (χ1v) is 9.62. The van der Waals surface area contributed by atoms with Crippen LogP contribution in [-0.4, -0.2) is 71.8 Å². The minimum Gasteiger partial charge on any atom is -0.478 e. The van der Waals surface area contributed by atoms with Crippen LogP contribution in [0.1, 0.15) is 19.4 Å². The second-order valence-electron chi connectivity index (χ2n) is 7.21. The second kappa shape index (κ2) is 8.75. The number of aliphatic carboxylic acids is 1. The molecule has 1 aromatic rings. The summed E-state index contributed by atoms with van der Waals surface area (Å²) in [6.45, 7) is 7.85. The Labute approximate surface area is 165 Å². The lowest BCUT2D eigenvalue weighted by Gasteiger charge is -2.47. The monoisotopic (exact) mass is 389 g/mol. The summed E-state index contributed by atoms with van der Waals surface area (Å²) in [7, 11) is 1.93. The van der Waals surface area contributed by atoms with E-state index in [1.54, 1.807) is 12.1 Å². The van der Waals surface area contributed by atoms with Crippen molar-refractivity contribution in [1.82, 2.24) is 14.7 Å². The summed E-state index contributed by atoms with van der Waals surface area (Å²) in [5, 5.41) is 9.92. The fourth-order valence-corrected chi connectivity index (χ4v) is 3.77. The van der Waals surface area contributed by atoms with E-state index in [4.69, 9.17) is 4.74 Å². The van der Waals surface area contributed by atoms with Crippen molar-refractivity contribution < 1.29 is 19.0 Å². The highest BCUT2D eigenvalue weighted by Crippen LogP contribution is 2.32. The highest BCUT2D eigenvalue weighted by molar-refractivity contribution is 5.90. The summed E-state index contributed by atoms with van der Waals surface area (Å²) >= 11 is 0. The number of carbonyl (C=O) groups is 1. The van der Waals surface area contributed by atoms with Crippen LogP contribution in [0.4, 0.5) is 4.39 Å². The molecular formula is C21H28FN3O3. The molecule has 2 heterocycles. The van der Waals surface area contributed by atoms with Gasteiger partial charge in [-0.2, -0.15) is 0 Å². The van der Waals surface area contributed by atoms with E-state index < -0.39 is 12.1 Å². The summed E-state index contributed by atoms with van der Waals surface area (Å²) in [4.78, 5) is 18.5.